The first-order valence-corrected chi connectivity index (χ1v) is 11.4. The summed E-state index contributed by atoms with van der Waals surface area (Å²) in [5.41, 5.74) is 4.09. The Morgan fingerprint density at radius 2 is 1.90 bits per heavy atom. The van der Waals surface area contributed by atoms with E-state index < -0.39 is 0 Å². The Balaban J connectivity index is 1.57. The average Bonchev–Trinajstić information content (AvgIpc) is 3.23. The first-order valence-electron chi connectivity index (χ1n) is 10.5. The van der Waals surface area contributed by atoms with Gasteiger partial charge in [0.2, 0.25) is 0 Å². The maximum Gasteiger partial charge on any atom is 0.126 e. The second-order valence-electron chi connectivity index (χ2n) is 8.46. The monoisotopic (exact) mass is 424 g/mol. The van der Waals surface area contributed by atoms with Crippen molar-refractivity contribution in [2.45, 2.75) is 45.4 Å². The molecule has 0 saturated carbocycles. The molecule has 0 radical (unpaired) electrons. The summed E-state index contributed by atoms with van der Waals surface area (Å²) in [7, 11) is 0. The average molecular weight is 425 g/mol. The van der Waals surface area contributed by atoms with Crippen LogP contribution in [0.2, 0.25) is 0 Å². The molecule has 5 heteroatoms. The number of phenols is 1. The second-order valence-corrected chi connectivity index (χ2v) is 9.24. The van der Waals surface area contributed by atoms with Crippen molar-refractivity contribution in [3.05, 3.63) is 87.4 Å². The van der Waals surface area contributed by atoms with Gasteiger partial charge in [0.1, 0.15) is 11.6 Å². The van der Waals surface area contributed by atoms with Gasteiger partial charge in [-0.25, -0.2) is 4.39 Å². The third-order valence-electron chi connectivity index (χ3n) is 6.16. The van der Waals surface area contributed by atoms with Gasteiger partial charge in [0.25, 0.3) is 0 Å². The van der Waals surface area contributed by atoms with Gasteiger partial charge in [-0.05, 0) is 78.1 Å². The van der Waals surface area contributed by atoms with Crippen molar-refractivity contribution < 1.29 is 9.50 Å². The number of aromatic hydroxyl groups is 1. The topological polar surface area (TPSA) is 26.7 Å². The zero-order valence-electron chi connectivity index (χ0n) is 17.8. The van der Waals surface area contributed by atoms with Crippen molar-refractivity contribution in [3.63, 3.8) is 0 Å². The summed E-state index contributed by atoms with van der Waals surface area (Å²) in [5.74, 6) is 0.168. The van der Waals surface area contributed by atoms with Crippen molar-refractivity contribution in [1.82, 2.24) is 9.80 Å². The molecule has 158 valence electrons. The Hall–Kier alpha value is -2.21. The third kappa shape index (κ3) is 4.43. The maximum atomic E-state index is 14.0. The minimum atomic E-state index is -0.131. The fraction of sp³-hybridized carbons (Fsp3) is 0.360. The van der Waals surface area contributed by atoms with Crippen LogP contribution in [0.3, 0.4) is 0 Å². The van der Waals surface area contributed by atoms with Crippen LogP contribution in [0, 0.1) is 12.7 Å². The molecule has 1 unspecified atom stereocenters. The minimum absolute atomic E-state index is 0.111. The zero-order chi connectivity index (χ0) is 21.3. The molecule has 0 amide bonds. The van der Waals surface area contributed by atoms with Gasteiger partial charge in [0, 0.05) is 31.7 Å². The molecule has 3 nitrogen and oxygen atoms in total. The van der Waals surface area contributed by atoms with Crippen molar-refractivity contribution in [2.75, 3.05) is 13.1 Å². The number of hydrogen-bond donors (Lipinski definition) is 1. The minimum Gasteiger partial charge on any atom is -0.508 e. The molecule has 30 heavy (non-hydrogen) atoms. The number of phenolic OH excluding ortho intramolecular Hbond substituents is 1. The van der Waals surface area contributed by atoms with Crippen LogP contribution in [-0.2, 0) is 6.54 Å². The molecule has 1 N–H and O–H groups in total. The summed E-state index contributed by atoms with van der Waals surface area (Å²) in [5, 5.41) is 14.4. The van der Waals surface area contributed by atoms with Gasteiger partial charge in [-0.1, -0.05) is 24.3 Å². The van der Waals surface area contributed by atoms with Crippen LogP contribution < -0.4 is 0 Å². The van der Waals surface area contributed by atoms with Gasteiger partial charge in [-0.15, -0.1) is 0 Å². The van der Waals surface area contributed by atoms with Crippen molar-refractivity contribution in [3.8, 4) is 5.75 Å². The first kappa shape index (κ1) is 21.0. The van der Waals surface area contributed by atoms with E-state index >= 15 is 0 Å². The van der Waals surface area contributed by atoms with Gasteiger partial charge in [-0.3, -0.25) is 9.80 Å². The number of benzene rings is 2. The van der Waals surface area contributed by atoms with Gasteiger partial charge in [0.15, 0.2) is 0 Å². The van der Waals surface area contributed by atoms with E-state index in [-0.39, 0.29) is 11.9 Å². The third-order valence-corrected chi connectivity index (χ3v) is 6.86. The molecule has 0 aliphatic carbocycles. The molecule has 3 atom stereocenters. The lowest BCUT2D eigenvalue weighted by Gasteiger charge is -2.47. The van der Waals surface area contributed by atoms with Crippen LogP contribution in [0.1, 0.15) is 42.1 Å². The molecule has 1 aliphatic rings. The van der Waals surface area contributed by atoms with E-state index in [4.69, 9.17) is 0 Å². The van der Waals surface area contributed by atoms with Crippen LogP contribution in [-0.4, -0.2) is 40.1 Å². The van der Waals surface area contributed by atoms with E-state index in [1.54, 1.807) is 30.4 Å². The summed E-state index contributed by atoms with van der Waals surface area (Å²) in [6.45, 7) is 8.88. The van der Waals surface area contributed by atoms with E-state index in [2.05, 4.69) is 46.5 Å². The van der Waals surface area contributed by atoms with Gasteiger partial charge in [-0.2, -0.15) is 11.3 Å². The summed E-state index contributed by atoms with van der Waals surface area (Å²) < 4.78 is 14.0. The van der Waals surface area contributed by atoms with Gasteiger partial charge < -0.3 is 5.11 Å². The number of thiophene rings is 1. The van der Waals surface area contributed by atoms with E-state index in [0.717, 1.165) is 30.8 Å². The molecule has 1 fully saturated rings. The van der Waals surface area contributed by atoms with E-state index in [0.29, 0.717) is 23.4 Å². The predicted molar refractivity (Wildman–Crippen MR) is 121 cm³/mol. The number of piperazine rings is 1. The number of nitrogens with zero attached hydrogens (tertiary/aromatic N) is 2. The molecule has 0 spiro atoms. The maximum absolute atomic E-state index is 14.0. The van der Waals surface area contributed by atoms with Gasteiger partial charge >= 0.3 is 0 Å². The molecular weight excluding hydrogens is 395 g/mol. The summed E-state index contributed by atoms with van der Waals surface area (Å²) >= 11 is 1.70. The highest BCUT2D eigenvalue weighted by Crippen LogP contribution is 2.35. The Kier molecular flexibility index (Phi) is 6.23. The highest BCUT2D eigenvalue weighted by molar-refractivity contribution is 7.08. The molecule has 3 aromatic rings. The van der Waals surface area contributed by atoms with Crippen LogP contribution in [0.5, 0.6) is 5.75 Å². The zero-order valence-corrected chi connectivity index (χ0v) is 18.6. The number of rotatable bonds is 5. The fourth-order valence-corrected chi connectivity index (χ4v) is 5.15. The molecule has 2 heterocycles. The fourth-order valence-electron chi connectivity index (χ4n) is 4.48. The molecule has 4 rings (SSSR count). The number of aryl methyl sites for hydroxylation is 1. The molecule has 1 aromatic heterocycles. The van der Waals surface area contributed by atoms with Gasteiger partial charge in [0.05, 0.1) is 6.04 Å². The van der Waals surface area contributed by atoms with E-state index in [9.17, 15) is 9.50 Å². The van der Waals surface area contributed by atoms with Crippen LogP contribution in [0.25, 0.3) is 0 Å². The van der Waals surface area contributed by atoms with E-state index in [1.807, 2.05) is 24.3 Å². The lowest BCUT2D eigenvalue weighted by molar-refractivity contribution is 0.0195. The quantitative estimate of drug-likeness (QED) is 0.579. The Morgan fingerprint density at radius 1 is 1.07 bits per heavy atom. The summed E-state index contributed by atoms with van der Waals surface area (Å²) in [6, 6.07) is 16.1. The number of halogens is 1. The highest BCUT2D eigenvalue weighted by Gasteiger charge is 2.35. The SMILES string of the molecule is Cc1ccc(CN2C[C@H](C)N(C(c3ccsc3)c3cccc(O)c3)C[C@H]2C)cc1F. The second kappa shape index (κ2) is 8.88. The molecular formula is C25H29FN2OS. The van der Waals surface area contributed by atoms with E-state index in [1.165, 1.54) is 5.56 Å². The molecule has 0 bridgehead atoms. The predicted octanol–water partition coefficient (Wildman–Crippen LogP) is 5.59. The highest BCUT2D eigenvalue weighted by atomic mass is 32.1. The smallest absolute Gasteiger partial charge is 0.126 e. The standard InChI is InChI=1S/C25H29FN2OS/c1-17-7-8-20(11-24(17)26)15-27-13-19(3)28(14-18(27)2)25(22-9-10-30-16-22)21-5-4-6-23(29)12-21/h4-12,16,18-19,25,29H,13-15H2,1-3H3/t18-,19+,25?/m1/s1. The van der Waals surface area contributed by atoms with Crippen LogP contribution in [0.4, 0.5) is 4.39 Å². The van der Waals surface area contributed by atoms with Crippen molar-refractivity contribution >= 4 is 11.3 Å². The molecule has 2 aromatic carbocycles. The van der Waals surface area contributed by atoms with Crippen molar-refractivity contribution in [2.24, 2.45) is 0 Å². The molecule has 1 saturated heterocycles. The summed E-state index contributed by atoms with van der Waals surface area (Å²) in [4.78, 5) is 4.98. The molecule has 1 aliphatic heterocycles. The van der Waals surface area contributed by atoms with Crippen LogP contribution >= 0.6 is 11.3 Å². The Morgan fingerprint density at radius 3 is 2.60 bits per heavy atom. The normalized spacial score (nSPS) is 21.6. The summed E-state index contributed by atoms with van der Waals surface area (Å²) in [6.07, 6.45) is 0. The van der Waals surface area contributed by atoms with Crippen molar-refractivity contribution in [1.29, 1.82) is 0 Å². The lowest BCUT2D eigenvalue weighted by Crippen LogP contribution is -2.56. The first-order chi connectivity index (χ1) is 14.4. The Labute approximate surface area is 182 Å². The number of hydrogen-bond acceptors (Lipinski definition) is 4. The van der Waals surface area contributed by atoms with Crippen LogP contribution in [0.15, 0.2) is 59.3 Å². The lowest BCUT2D eigenvalue weighted by atomic mass is 9.95. The largest absolute Gasteiger partial charge is 0.508 e. The Bertz CT molecular complexity index is 991.